The molecule has 1 saturated carbocycles. The fourth-order valence-electron chi connectivity index (χ4n) is 4.13. The van der Waals surface area contributed by atoms with E-state index in [-0.39, 0.29) is 0 Å². The molecule has 0 spiro atoms. The first-order valence-corrected chi connectivity index (χ1v) is 8.58. The van der Waals surface area contributed by atoms with E-state index in [0.717, 1.165) is 23.9 Å². The van der Waals surface area contributed by atoms with Gasteiger partial charge in [0.25, 0.3) is 0 Å². The number of hydrogen-bond acceptors (Lipinski definition) is 2. The van der Waals surface area contributed by atoms with E-state index in [4.69, 9.17) is 0 Å². The van der Waals surface area contributed by atoms with Crippen molar-refractivity contribution in [3.63, 3.8) is 0 Å². The van der Waals surface area contributed by atoms with Crippen LogP contribution in [0.25, 0.3) is 0 Å². The molecule has 2 unspecified atom stereocenters. The zero-order chi connectivity index (χ0) is 13.8. The van der Waals surface area contributed by atoms with Crippen LogP contribution < -0.4 is 0 Å². The zero-order valence-corrected chi connectivity index (χ0v) is 13.6. The van der Waals surface area contributed by atoms with Gasteiger partial charge < -0.3 is 4.90 Å². The van der Waals surface area contributed by atoms with Crippen molar-refractivity contribution in [2.75, 3.05) is 26.2 Å². The summed E-state index contributed by atoms with van der Waals surface area (Å²) in [6.45, 7) is 14.8. The van der Waals surface area contributed by atoms with Crippen LogP contribution in [-0.2, 0) is 0 Å². The van der Waals surface area contributed by atoms with Crippen LogP contribution in [0, 0.1) is 11.8 Å². The SMILES string of the molecule is CCCN1CC(C)N(CC2CCC(C)CC2)C(C)C1. The zero-order valence-electron chi connectivity index (χ0n) is 13.6. The summed E-state index contributed by atoms with van der Waals surface area (Å²) in [5.74, 6) is 1.95. The molecule has 19 heavy (non-hydrogen) atoms. The molecule has 0 aromatic heterocycles. The summed E-state index contributed by atoms with van der Waals surface area (Å²) < 4.78 is 0. The summed E-state index contributed by atoms with van der Waals surface area (Å²) in [6.07, 6.45) is 7.15. The Bertz CT molecular complexity index is 246. The van der Waals surface area contributed by atoms with Gasteiger partial charge in [0.15, 0.2) is 0 Å². The van der Waals surface area contributed by atoms with Crippen molar-refractivity contribution in [2.45, 2.75) is 71.9 Å². The van der Waals surface area contributed by atoms with Crippen molar-refractivity contribution in [1.82, 2.24) is 9.80 Å². The molecule has 0 amide bonds. The highest BCUT2D eigenvalue weighted by Crippen LogP contribution is 2.30. The summed E-state index contributed by atoms with van der Waals surface area (Å²) in [6, 6.07) is 1.49. The molecule has 1 heterocycles. The summed E-state index contributed by atoms with van der Waals surface area (Å²) in [5, 5.41) is 0. The molecule has 1 aliphatic heterocycles. The topological polar surface area (TPSA) is 6.48 Å². The summed E-state index contributed by atoms with van der Waals surface area (Å²) in [4.78, 5) is 5.46. The van der Waals surface area contributed by atoms with Gasteiger partial charge >= 0.3 is 0 Å². The third-order valence-corrected chi connectivity index (χ3v) is 5.32. The highest BCUT2D eigenvalue weighted by atomic mass is 15.3. The number of rotatable bonds is 4. The van der Waals surface area contributed by atoms with E-state index in [2.05, 4.69) is 37.5 Å². The Morgan fingerprint density at radius 3 is 2.00 bits per heavy atom. The molecule has 112 valence electrons. The number of piperazine rings is 1. The second-order valence-corrected chi connectivity index (χ2v) is 7.28. The smallest absolute Gasteiger partial charge is 0.0198 e. The number of hydrogen-bond donors (Lipinski definition) is 0. The molecule has 0 N–H and O–H groups in total. The van der Waals surface area contributed by atoms with Crippen LogP contribution in [0.1, 0.15) is 59.8 Å². The van der Waals surface area contributed by atoms with E-state index >= 15 is 0 Å². The maximum Gasteiger partial charge on any atom is 0.0198 e. The molecule has 0 radical (unpaired) electrons. The molecular formula is C17H34N2. The Morgan fingerprint density at radius 1 is 0.895 bits per heavy atom. The predicted molar refractivity (Wildman–Crippen MR) is 83.5 cm³/mol. The quantitative estimate of drug-likeness (QED) is 0.767. The van der Waals surface area contributed by atoms with E-state index < -0.39 is 0 Å². The Morgan fingerprint density at radius 2 is 1.47 bits per heavy atom. The van der Waals surface area contributed by atoms with E-state index in [1.54, 1.807) is 0 Å². The highest BCUT2D eigenvalue weighted by molar-refractivity contribution is 4.86. The van der Waals surface area contributed by atoms with Crippen LogP contribution in [0.4, 0.5) is 0 Å². The molecule has 2 rings (SSSR count). The Labute approximate surface area is 120 Å². The predicted octanol–water partition coefficient (Wildman–Crippen LogP) is 3.62. The molecule has 0 aromatic carbocycles. The average molecular weight is 266 g/mol. The molecule has 0 bridgehead atoms. The minimum absolute atomic E-state index is 0.745. The van der Waals surface area contributed by atoms with Gasteiger partial charge in [0, 0.05) is 31.7 Å². The van der Waals surface area contributed by atoms with Crippen LogP contribution >= 0.6 is 0 Å². The van der Waals surface area contributed by atoms with Crippen LogP contribution in [0.3, 0.4) is 0 Å². The van der Waals surface area contributed by atoms with E-state index in [0.29, 0.717) is 0 Å². The summed E-state index contributed by atoms with van der Waals surface area (Å²) in [5.41, 5.74) is 0. The first kappa shape index (κ1) is 15.3. The monoisotopic (exact) mass is 266 g/mol. The molecule has 1 saturated heterocycles. The van der Waals surface area contributed by atoms with Gasteiger partial charge in [-0.05, 0) is 51.5 Å². The van der Waals surface area contributed by atoms with Gasteiger partial charge in [-0.15, -0.1) is 0 Å². The van der Waals surface area contributed by atoms with Gasteiger partial charge in [0.2, 0.25) is 0 Å². The van der Waals surface area contributed by atoms with Crippen LogP contribution in [0.15, 0.2) is 0 Å². The first-order valence-electron chi connectivity index (χ1n) is 8.58. The van der Waals surface area contributed by atoms with Crippen molar-refractivity contribution >= 4 is 0 Å². The lowest BCUT2D eigenvalue weighted by molar-refractivity contribution is 0.0215. The minimum atomic E-state index is 0.745. The van der Waals surface area contributed by atoms with E-state index in [9.17, 15) is 0 Å². The largest absolute Gasteiger partial charge is 0.300 e. The third kappa shape index (κ3) is 4.19. The van der Waals surface area contributed by atoms with Gasteiger partial charge in [0.1, 0.15) is 0 Å². The maximum absolute atomic E-state index is 2.80. The summed E-state index contributed by atoms with van der Waals surface area (Å²) >= 11 is 0. The van der Waals surface area contributed by atoms with Crippen molar-refractivity contribution in [3.05, 3.63) is 0 Å². The van der Waals surface area contributed by atoms with Crippen molar-refractivity contribution in [2.24, 2.45) is 11.8 Å². The maximum atomic E-state index is 2.80. The third-order valence-electron chi connectivity index (χ3n) is 5.32. The lowest BCUT2D eigenvalue weighted by atomic mass is 9.82. The van der Waals surface area contributed by atoms with Gasteiger partial charge in [-0.3, -0.25) is 4.90 Å². The molecule has 2 atom stereocenters. The number of nitrogens with zero attached hydrogens (tertiary/aromatic N) is 2. The molecule has 2 nitrogen and oxygen atoms in total. The van der Waals surface area contributed by atoms with Gasteiger partial charge in [-0.25, -0.2) is 0 Å². The average Bonchev–Trinajstić information content (AvgIpc) is 2.36. The van der Waals surface area contributed by atoms with E-state index in [1.807, 2.05) is 0 Å². The Balaban J connectivity index is 1.83. The fourth-order valence-corrected chi connectivity index (χ4v) is 4.13. The Hall–Kier alpha value is -0.0800. The van der Waals surface area contributed by atoms with Gasteiger partial charge in [-0.2, -0.15) is 0 Å². The Kier molecular flexibility index (Phi) is 5.70. The van der Waals surface area contributed by atoms with Crippen molar-refractivity contribution in [3.8, 4) is 0 Å². The minimum Gasteiger partial charge on any atom is -0.300 e. The normalized spacial score (nSPS) is 38.5. The summed E-state index contributed by atoms with van der Waals surface area (Å²) in [7, 11) is 0. The second kappa shape index (κ2) is 7.08. The van der Waals surface area contributed by atoms with Crippen molar-refractivity contribution in [1.29, 1.82) is 0 Å². The van der Waals surface area contributed by atoms with Gasteiger partial charge in [-0.1, -0.05) is 26.7 Å². The van der Waals surface area contributed by atoms with Gasteiger partial charge in [0.05, 0.1) is 0 Å². The fraction of sp³-hybridized carbons (Fsp3) is 1.00. The molecule has 0 aromatic rings. The molecular weight excluding hydrogens is 232 g/mol. The molecule has 2 fully saturated rings. The first-order chi connectivity index (χ1) is 9.10. The second-order valence-electron chi connectivity index (χ2n) is 7.28. The lowest BCUT2D eigenvalue weighted by Crippen LogP contribution is -2.57. The lowest BCUT2D eigenvalue weighted by Gasteiger charge is -2.46. The van der Waals surface area contributed by atoms with Crippen LogP contribution in [0.5, 0.6) is 0 Å². The molecule has 2 heteroatoms. The van der Waals surface area contributed by atoms with E-state index in [1.165, 1.54) is 58.3 Å². The van der Waals surface area contributed by atoms with Crippen LogP contribution in [-0.4, -0.2) is 48.1 Å². The molecule has 1 aliphatic carbocycles. The van der Waals surface area contributed by atoms with Crippen molar-refractivity contribution < 1.29 is 0 Å². The highest BCUT2D eigenvalue weighted by Gasteiger charge is 2.31. The standard InChI is InChI=1S/C17H34N2/c1-5-10-18-11-15(3)19(16(4)12-18)13-17-8-6-14(2)7-9-17/h14-17H,5-13H2,1-4H3. The molecule has 2 aliphatic rings. The van der Waals surface area contributed by atoms with Crippen LogP contribution in [0.2, 0.25) is 0 Å².